The Morgan fingerprint density at radius 2 is 1.69 bits per heavy atom. The van der Waals surface area contributed by atoms with E-state index in [0.29, 0.717) is 6.54 Å². The summed E-state index contributed by atoms with van der Waals surface area (Å²) < 4.78 is 3.41. The highest BCUT2D eigenvalue weighted by atomic mass is 35.5. The summed E-state index contributed by atoms with van der Waals surface area (Å²) in [4.78, 5) is 0. The van der Waals surface area contributed by atoms with Crippen LogP contribution >= 0.6 is 11.6 Å². The third kappa shape index (κ3) is 3.55. The Balaban J connectivity index is 1.71. The van der Waals surface area contributed by atoms with Crippen molar-refractivity contribution in [3.63, 3.8) is 0 Å². The Morgan fingerprint density at radius 1 is 0.962 bits per heavy atom. The molecule has 0 bridgehead atoms. The molecule has 0 atom stereocenters. The van der Waals surface area contributed by atoms with E-state index in [0.717, 1.165) is 27.4 Å². The first kappa shape index (κ1) is 16.2. The molecule has 2 heterocycles. The van der Waals surface area contributed by atoms with Gasteiger partial charge in [0.1, 0.15) is 18.3 Å². The van der Waals surface area contributed by atoms with Crippen molar-refractivity contribution in [1.29, 1.82) is 0 Å². The van der Waals surface area contributed by atoms with Gasteiger partial charge in [0.15, 0.2) is 0 Å². The van der Waals surface area contributed by atoms with Crippen LogP contribution in [0.2, 0.25) is 5.02 Å². The van der Waals surface area contributed by atoms with Gasteiger partial charge in [0, 0.05) is 22.3 Å². The lowest BCUT2D eigenvalue weighted by Gasteiger charge is -2.04. The average molecular weight is 363 g/mol. The summed E-state index contributed by atoms with van der Waals surface area (Å²) in [6.07, 6.45) is 6.78. The second-order valence-electron chi connectivity index (χ2n) is 5.67. The topological polar surface area (TPSA) is 60.9 Å². The smallest absolute Gasteiger partial charge is 0.141 e. The van der Waals surface area contributed by atoms with Gasteiger partial charge in [-0.2, -0.15) is 10.2 Å². The van der Waals surface area contributed by atoms with Crippen molar-refractivity contribution >= 4 is 17.8 Å². The first-order chi connectivity index (χ1) is 12.8. The molecule has 0 aliphatic heterocycles. The van der Waals surface area contributed by atoms with Crippen LogP contribution in [0.5, 0.6) is 0 Å². The minimum Gasteiger partial charge on any atom is -0.267 e. The van der Waals surface area contributed by atoms with Gasteiger partial charge < -0.3 is 0 Å². The van der Waals surface area contributed by atoms with E-state index in [1.807, 2.05) is 65.5 Å². The molecule has 2 aromatic carbocycles. The van der Waals surface area contributed by atoms with Gasteiger partial charge >= 0.3 is 0 Å². The van der Waals surface area contributed by atoms with Crippen LogP contribution in [-0.2, 0) is 6.54 Å². The van der Waals surface area contributed by atoms with E-state index in [2.05, 4.69) is 15.3 Å². The summed E-state index contributed by atoms with van der Waals surface area (Å²) in [5.74, 6) is 0. The van der Waals surface area contributed by atoms with Gasteiger partial charge in [-0.05, 0) is 11.6 Å². The van der Waals surface area contributed by atoms with Gasteiger partial charge in [-0.25, -0.2) is 4.68 Å². The minimum atomic E-state index is 0.583. The predicted molar refractivity (Wildman–Crippen MR) is 101 cm³/mol. The molecule has 4 rings (SSSR count). The van der Waals surface area contributed by atoms with Crippen LogP contribution in [0, 0.1) is 0 Å². The van der Waals surface area contributed by atoms with Crippen LogP contribution in [0.3, 0.4) is 0 Å². The van der Waals surface area contributed by atoms with Gasteiger partial charge in [0.25, 0.3) is 0 Å². The van der Waals surface area contributed by atoms with Crippen LogP contribution in [0.1, 0.15) is 11.1 Å². The number of nitrogens with zero attached hydrogens (tertiary/aromatic N) is 6. The molecular weight excluding hydrogens is 348 g/mol. The summed E-state index contributed by atoms with van der Waals surface area (Å²) in [5.41, 5.74) is 3.79. The molecule has 0 spiro atoms. The molecule has 0 saturated carbocycles. The highest BCUT2D eigenvalue weighted by molar-refractivity contribution is 6.31. The first-order valence-corrected chi connectivity index (χ1v) is 8.42. The molecule has 0 saturated heterocycles. The SMILES string of the molecule is Clc1ccccc1Cn1cc(/C=N\n2cnnc2)c(-c2ccccc2)n1. The largest absolute Gasteiger partial charge is 0.267 e. The lowest BCUT2D eigenvalue weighted by Crippen LogP contribution is -2.00. The number of halogens is 1. The fraction of sp³-hybridized carbons (Fsp3) is 0.0526. The zero-order valence-corrected chi connectivity index (χ0v) is 14.5. The molecule has 0 amide bonds. The zero-order chi connectivity index (χ0) is 17.8. The summed E-state index contributed by atoms with van der Waals surface area (Å²) in [7, 11) is 0. The Kier molecular flexibility index (Phi) is 4.57. The van der Waals surface area contributed by atoms with Crippen LogP contribution in [0.15, 0.2) is 78.6 Å². The number of aromatic nitrogens is 5. The van der Waals surface area contributed by atoms with Crippen molar-refractivity contribution in [3.05, 3.63) is 89.6 Å². The number of hydrogen-bond donors (Lipinski definition) is 0. The molecule has 128 valence electrons. The van der Waals surface area contributed by atoms with Crippen molar-refractivity contribution < 1.29 is 0 Å². The van der Waals surface area contributed by atoms with E-state index in [1.54, 1.807) is 10.9 Å². The molecular formula is C19H15ClN6. The number of rotatable bonds is 5. The quantitative estimate of drug-likeness (QED) is 0.508. The lowest BCUT2D eigenvalue weighted by atomic mass is 10.1. The first-order valence-electron chi connectivity index (χ1n) is 8.05. The Labute approximate surface area is 155 Å². The normalized spacial score (nSPS) is 11.3. The predicted octanol–water partition coefficient (Wildman–Crippen LogP) is 3.73. The number of benzene rings is 2. The van der Waals surface area contributed by atoms with Crippen LogP contribution in [-0.4, -0.2) is 30.9 Å². The second kappa shape index (κ2) is 7.33. The van der Waals surface area contributed by atoms with E-state index in [9.17, 15) is 0 Å². The van der Waals surface area contributed by atoms with Crippen molar-refractivity contribution in [2.24, 2.45) is 5.10 Å². The third-order valence-electron chi connectivity index (χ3n) is 3.86. The van der Waals surface area contributed by atoms with E-state index < -0.39 is 0 Å². The van der Waals surface area contributed by atoms with Gasteiger partial charge in [0.05, 0.1) is 12.8 Å². The highest BCUT2D eigenvalue weighted by Gasteiger charge is 2.11. The van der Waals surface area contributed by atoms with Crippen molar-refractivity contribution in [2.75, 3.05) is 0 Å². The average Bonchev–Trinajstić information content (AvgIpc) is 3.32. The third-order valence-corrected chi connectivity index (χ3v) is 4.23. The fourth-order valence-corrected chi connectivity index (χ4v) is 2.81. The highest BCUT2D eigenvalue weighted by Crippen LogP contribution is 2.22. The molecule has 6 nitrogen and oxygen atoms in total. The van der Waals surface area contributed by atoms with E-state index in [-0.39, 0.29) is 0 Å². The van der Waals surface area contributed by atoms with Crippen molar-refractivity contribution in [2.45, 2.75) is 6.54 Å². The Hall–Kier alpha value is -3.25. The molecule has 0 N–H and O–H groups in total. The second-order valence-corrected chi connectivity index (χ2v) is 6.08. The molecule has 0 aliphatic carbocycles. The van der Waals surface area contributed by atoms with E-state index in [4.69, 9.17) is 16.7 Å². The van der Waals surface area contributed by atoms with Gasteiger partial charge in [-0.1, -0.05) is 60.1 Å². The Morgan fingerprint density at radius 3 is 2.46 bits per heavy atom. The monoisotopic (exact) mass is 362 g/mol. The summed E-state index contributed by atoms with van der Waals surface area (Å²) >= 11 is 6.28. The maximum absolute atomic E-state index is 6.28. The van der Waals surface area contributed by atoms with Gasteiger partial charge in [-0.3, -0.25) is 4.68 Å². The maximum Gasteiger partial charge on any atom is 0.141 e. The molecule has 0 fully saturated rings. The summed E-state index contributed by atoms with van der Waals surface area (Å²) in [6, 6.07) is 17.8. The molecule has 0 radical (unpaired) electrons. The molecule has 2 aromatic heterocycles. The number of hydrogen-bond acceptors (Lipinski definition) is 4. The van der Waals surface area contributed by atoms with Crippen LogP contribution in [0.4, 0.5) is 0 Å². The van der Waals surface area contributed by atoms with Crippen LogP contribution in [0.25, 0.3) is 11.3 Å². The van der Waals surface area contributed by atoms with Crippen LogP contribution < -0.4 is 0 Å². The molecule has 4 aromatic rings. The zero-order valence-electron chi connectivity index (χ0n) is 13.8. The summed E-state index contributed by atoms with van der Waals surface area (Å²) in [5, 5.41) is 17.3. The van der Waals surface area contributed by atoms with E-state index in [1.165, 1.54) is 12.7 Å². The van der Waals surface area contributed by atoms with Crippen molar-refractivity contribution in [3.8, 4) is 11.3 Å². The van der Waals surface area contributed by atoms with Crippen molar-refractivity contribution in [1.82, 2.24) is 24.7 Å². The molecule has 7 heteroatoms. The summed E-state index contributed by atoms with van der Waals surface area (Å²) in [6.45, 7) is 0.583. The molecule has 0 aliphatic rings. The standard InChI is InChI=1S/C19H15ClN6/c20-18-9-5-4-8-16(18)11-25-12-17(10-23-26-13-21-22-14-26)19(24-25)15-6-2-1-3-7-15/h1-10,12-14H,11H2/b23-10-. The fourth-order valence-electron chi connectivity index (χ4n) is 2.62. The lowest BCUT2D eigenvalue weighted by molar-refractivity contribution is 0.689. The molecule has 0 unspecified atom stereocenters. The van der Waals surface area contributed by atoms with Gasteiger partial charge in [0.2, 0.25) is 0 Å². The van der Waals surface area contributed by atoms with Gasteiger partial charge in [-0.15, -0.1) is 10.2 Å². The van der Waals surface area contributed by atoms with E-state index >= 15 is 0 Å². The maximum atomic E-state index is 6.28. The molecule has 26 heavy (non-hydrogen) atoms. The minimum absolute atomic E-state index is 0.583. The Bertz CT molecular complexity index is 1020.